The first-order valence-corrected chi connectivity index (χ1v) is 14.6. The fourth-order valence-corrected chi connectivity index (χ4v) is 5.40. The van der Waals surface area contributed by atoms with Crippen LogP contribution in [-0.2, 0) is 28.0 Å². The Morgan fingerprint density at radius 1 is 0.878 bits per heavy atom. The molecule has 4 aromatic carbocycles. The molecular formula is C30H27Cl2N3O5S. The van der Waals surface area contributed by atoms with Crippen LogP contribution in [0.3, 0.4) is 0 Å². The molecule has 0 radical (unpaired) electrons. The van der Waals surface area contributed by atoms with Gasteiger partial charge in [0.05, 0.1) is 24.8 Å². The average Bonchev–Trinajstić information content (AvgIpc) is 2.98. The summed E-state index contributed by atoms with van der Waals surface area (Å²) >= 11 is 11.9. The molecule has 4 rings (SSSR count). The van der Waals surface area contributed by atoms with Gasteiger partial charge in [-0.1, -0.05) is 65.7 Å². The van der Waals surface area contributed by atoms with E-state index in [1.807, 2.05) is 30.3 Å². The highest BCUT2D eigenvalue weighted by atomic mass is 35.5. The zero-order valence-corrected chi connectivity index (χ0v) is 24.4. The van der Waals surface area contributed by atoms with Gasteiger partial charge in [0.1, 0.15) is 6.61 Å². The van der Waals surface area contributed by atoms with Crippen LogP contribution in [0.1, 0.15) is 16.7 Å². The molecule has 0 aromatic heterocycles. The summed E-state index contributed by atoms with van der Waals surface area (Å²) in [6, 6.07) is 27.4. The Hall–Kier alpha value is -3.89. The van der Waals surface area contributed by atoms with Gasteiger partial charge in [0.2, 0.25) is 10.0 Å². The van der Waals surface area contributed by atoms with E-state index in [1.165, 1.54) is 37.6 Å². The molecule has 41 heavy (non-hydrogen) atoms. The van der Waals surface area contributed by atoms with E-state index < -0.39 is 22.5 Å². The molecule has 11 heteroatoms. The summed E-state index contributed by atoms with van der Waals surface area (Å²) in [6.07, 6.45) is 1.43. The normalized spacial score (nSPS) is 11.5. The van der Waals surface area contributed by atoms with Crippen LogP contribution in [0.5, 0.6) is 11.5 Å². The molecule has 8 nitrogen and oxygen atoms in total. The number of hydrazone groups is 1. The lowest BCUT2D eigenvalue weighted by molar-refractivity contribution is -0.121. The third kappa shape index (κ3) is 8.55. The molecule has 0 spiro atoms. The summed E-state index contributed by atoms with van der Waals surface area (Å²) < 4.78 is 39.2. The minimum atomic E-state index is -4.04. The number of hydrogen-bond acceptors (Lipinski definition) is 6. The van der Waals surface area contributed by atoms with Crippen molar-refractivity contribution in [1.29, 1.82) is 0 Å². The summed E-state index contributed by atoms with van der Waals surface area (Å²) in [6.45, 7) is -0.145. The summed E-state index contributed by atoms with van der Waals surface area (Å²) in [5.41, 5.74) is 4.71. The van der Waals surface area contributed by atoms with Crippen LogP contribution in [-0.4, -0.2) is 38.5 Å². The lowest BCUT2D eigenvalue weighted by atomic mass is 10.2. The van der Waals surface area contributed by atoms with Crippen molar-refractivity contribution in [2.24, 2.45) is 5.10 Å². The van der Waals surface area contributed by atoms with Gasteiger partial charge >= 0.3 is 0 Å². The molecule has 1 amide bonds. The molecule has 0 aliphatic rings. The number of nitrogens with one attached hydrogen (secondary N) is 1. The number of sulfonamides is 1. The summed E-state index contributed by atoms with van der Waals surface area (Å²) in [5, 5.41) is 4.91. The van der Waals surface area contributed by atoms with Crippen molar-refractivity contribution in [3.8, 4) is 11.5 Å². The van der Waals surface area contributed by atoms with Gasteiger partial charge in [0.25, 0.3) is 5.91 Å². The molecule has 0 fully saturated rings. The molecule has 0 saturated carbocycles. The van der Waals surface area contributed by atoms with Crippen LogP contribution >= 0.6 is 23.2 Å². The third-order valence-corrected chi connectivity index (χ3v) is 8.18. The molecule has 0 saturated heterocycles. The van der Waals surface area contributed by atoms with Gasteiger partial charge in [0.15, 0.2) is 11.5 Å². The molecule has 0 unspecified atom stereocenters. The number of ether oxygens (including phenoxy) is 2. The predicted molar refractivity (Wildman–Crippen MR) is 160 cm³/mol. The van der Waals surface area contributed by atoms with Gasteiger partial charge in [-0.15, -0.1) is 0 Å². The summed E-state index contributed by atoms with van der Waals surface area (Å²) in [5.74, 6) is 0.435. The monoisotopic (exact) mass is 611 g/mol. The zero-order valence-electron chi connectivity index (χ0n) is 22.0. The Labute approximate surface area is 249 Å². The smallest absolute Gasteiger partial charge is 0.255 e. The van der Waals surface area contributed by atoms with Crippen LogP contribution in [0.15, 0.2) is 107 Å². The van der Waals surface area contributed by atoms with Crippen molar-refractivity contribution in [3.63, 3.8) is 0 Å². The minimum absolute atomic E-state index is 0.00818. The van der Waals surface area contributed by atoms with Crippen molar-refractivity contribution in [2.45, 2.75) is 18.0 Å². The van der Waals surface area contributed by atoms with Gasteiger partial charge in [-0.25, -0.2) is 13.8 Å². The van der Waals surface area contributed by atoms with Gasteiger partial charge in [-0.3, -0.25) is 4.79 Å². The van der Waals surface area contributed by atoms with Crippen molar-refractivity contribution >= 4 is 45.3 Å². The number of carbonyl (C=O) groups is 1. The molecule has 0 aliphatic carbocycles. The van der Waals surface area contributed by atoms with E-state index in [0.717, 1.165) is 9.87 Å². The second-order valence-electron chi connectivity index (χ2n) is 8.83. The average molecular weight is 613 g/mol. The Bertz CT molecular complexity index is 1600. The Kier molecular flexibility index (Phi) is 10.4. The van der Waals surface area contributed by atoms with E-state index in [9.17, 15) is 13.2 Å². The first-order valence-electron chi connectivity index (χ1n) is 12.4. The van der Waals surface area contributed by atoms with Crippen molar-refractivity contribution in [2.75, 3.05) is 13.7 Å². The Morgan fingerprint density at radius 2 is 1.54 bits per heavy atom. The van der Waals surface area contributed by atoms with Gasteiger partial charge in [-0.05, 0) is 71.3 Å². The standard InChI is InChI=1S/C30H27Cl2N3O5S/c1-39-29-17-24(9-16-28(29)40-21-23-5-3-2-4-6-23)18-33-34-30(36)20-35(19-22-7-10-25(31)11-8-22)41(37,38)27-14-12-26(32)13-15-27/h2-18H,19-21H2,1H3,(H,34,36)/b33-18-. The summed E-state index contributed by atoms with van der Waals surface area (Å²) in [7, 11) is -2.51. The number of halogens is 2. The Morgan fingerprint density at radius 3 is 2.20 bits per heavy atom. The van der Waals surface area contributed by atoms with Crippen molar-refractivity contribution in [1.82, 2.24) is 9.73 Å². The number of hydrogen-bond donors (Lipinski definition) is 1. The molecule has 212 valence electrons. The van der Waals surface area contributed by atoms with E-state index in [1.54, 1.807) is 42.5 Å². The second-order valence-corrected chi connectivity index (χ2v) is 11.6. The van der Waals surface area contributed by atoms with Crippen LogP contribution in [0.4, 0.5) is 0 Å². The number of carbonyl (C=O) groups excluding carboxylic acids is 1. The van der Waals surface area contributed by atoms with Gasteiger partial charge in [0, 0.05) is 16.6 Å². The van der Waals surface area contributed by atoms with E-state index in [4.69, 9.17) is 32.7 Å². The topological polar surface area (TPSA) is 97.3 Å². The highest BCUT2D eigenvalue weighted by Crippen LogP contribution is 2.28. The van der Waals surface area contributed by atoms with Crippen LogP contribution in [0.2, 0.25) is 10.0 Å². The van der Waals surface area contributed by atoms with Crippen LogP contribution in [0.25, 0.3) is 0 Å². The number of benzene rings is 4. The zero-order chi connectivity index (χ0) is 29.2. The number of amides is 1. The van der Waals surface area contributed by atoms with E-state index in [2.05, 4.69) is 10.5 Å². The first kappa shape index (κ1) is 30.1. The molecule has 0 heterocycles. The molecule has 0 atom stereocenters. The second kappa shape index (κ2) is 14.1. The first-order chi connectivity index (χ1) is 19.7. The fraction of sp³-hybridized carbons (Fsp3) is 0.133. The molecule has 0 bridgehead atoms. The summed E-state index contributed by atoms with van der Waals surface area (Å²) in [4.78, 5) is 12.8. The van der Waals surface area contributed by atoms with Crippen LogP contribution in [0, 0.1) is 0 Å². The maximum atomic E-state index is 13.4. The third-order valence-electron chi connectivity index (χ3n) is 5.87. The molecular weight excluding hydrogens is 585 g/mol. The maximum absolute atomic E-state index is 13.4. The molecule has 0 aliphatic heterocycles. The Balaban J connectivity index is 1.43. The number of methoxy groups -OCH3 is 1. The quantitative estimate of drug-likeness (QED) is 0.158. The van der Waals surface area contributed by atoms with Crippen molar-refractivity contribution in [3.05, 3.63) is 124 Å². The lowest BCUT2D eigenvalue weighted by Gasteiger charge is -2.21. The number of rotatable bonds is 12. The van der Waals surface area contributed by atoms with Gasteiger partial charge < -0.3 is 9.47 Å². The molecule has 1 N–H and O–H groups in total. The van der Waals surface area contributed by atoms with E-state index >= 15 is 0 Å². The van der Waals surface area contributed by atoms with E-state index in [-0.39, 0.29) is 11.4 Å². The highest BCUT2D eigenvalue weighted by Gasteiger charge is 2.27. The number of nitrogens with zero attached hydrogens (tertiary/aromatic N) is 2. The molecule has 4 aromatic rings. The van der Waals surface area contributed by atoms with Crippen molar-refractivity contribution < 1.29 is 22.7 Å². The van der Waals surface area contributed by atoms with E-state index in [0.29, 0.717) is 39.3 Å². The largest absolute Gasteiger partial charge is 0.493 e. The SMILES string of the molecule is COc1cc(/C=N\NC(=O)CN(Cc2ccc(Cl)cc2)S(=O)(=O)c2ccc(Cl)cc2)ccc1OCc1ccccc1. The maximum Gasteiger partial charge on any atom is 0.255 e. The van der Waals surface area contributed by atoms with Gasteiger partial charge in [-0.2, -0.15) is 9.41 Å². The minimum Gasteiger partial charge on any atom is -0.493 e. The predicted octanol–water partition coefficient (Wildman–Crippen LogP) is 5.92. The lowest BCUT2D eigenvalue weighted by Crippen LogP contribution is -2.39. The highest BCUT2D eigenvalue weighted by molar-refractivity contribution is 7.89. The van der Waals surface area contributed by atoms with Crippen LogP contribution < -0.4 is 14.9 Å². The fourth-order valence-electron chi connectivity index (χ4n) is 3.77.